The molecule has 0 bridgehead atoms. The van der Waals surface area contributed by atoms with E-state index in [9.17, 15) is 8.42 Å². The summed E-state index contributed by atoms with van der Waals surface area (Å²) in [7, 11) is -3.73. The van der Waals surface area contributed by atoms with Crippen molar-refractivity contribution in [2.24, 2.45) is 0 Å². The minimum absolute atomic E-state index is 0.00953. The molecular formula is C13H17N3O4S. The Morgan fingerprint density at radius 1 is 1.33 bits per heavy atom. The van der Waals surface area contributed by atoms with Crippen LogP contribution in [0, 0.1) is 6.92 Å². The van der Waals surface area contributed by atoms with Crippen LogP contribution in [0.1, 0.15) is 11.4 Å². The average molecular weight is 311 g/mol. The Balaban J connectivity index is 1.94. The SMILES string of the molecule is Cc1[nH]nc(CO)c1S(=O)(=O)NCCOc1ccccc1. The highest BCUT2D eigenvalue weighted by atomic mass is 32.2. The fourth-order valence-corrected chi connectivity index (χ4v) is 3.23. The van der Waals surface area contributed by atoms with Crippen molar-refractivity contribution in [3.05, 3.63) is 41.7 Å². The lowest BCUT2D eigenvalue weighted by atomic mass is 10.3. The van der Waals surface area contributed by atoms with Crippen molar-refractivity contribution in [1.82, 2.24) is 14.9 Å². The van der Waals surface area contributed by atoms with Gasteiger partial charge in [0.1, 0.15) is 22.9 Å². The highest BCUT2D eigenvalue weighted by Crippen LogP contribution is 2.17. The van der Waals surface area contributed by atoms with Crippen LogP contribution in [0.3, 0.4) is 0 Å². The monoisotopic (exact) mass is 311 g/mol. The fraction of sp³-hybridized carbons (Fsp3) is 0.308. The number of H-pyrrole nitrogens is 1. The van der Waals surface area contributed by atoms with Gasteiger partial charge in [-0.1, -0.05) is 18.2 Å². The summed E-state index contributed by atoms with van der Waals surface area (Å²) in [4.78, 5) is -0.00953. The summed E-state index contributed by atoms with van der Waals surface area (Å²) in [6.07, 6.45) is 0. The van der Waals surface area contributed by atoms with Crippen LogP contribution in [0.25, 0.3) is 0 Å². The van der Waals surface area contributed by atoms with Crippen molar-refractivity contribution in [3.8, 4) is 5.75 Å². The summed E-state index contributed by atoms with van der Waals surface area (Å²) < 4.78 is 32.2. The van der Waals surface area contributed by atoms with Crippen molar-refractivity contribution in [2.75, 3.05) is 13.2 Å². The Hall–Kier alpha value is -1.90. The maximum absolute atomic E-state index is 12.2. The van der Waals surface area contributed by atoms with E-state index in [-0.39, 0.29) is 23.7 Å². The van der Waals surface area contributed by atoms with Gasteiger partial charge < -0.3 is 9.84 Å². The van der Waals surface area contributed by atoms with E-state index in [4.69, 9.17) is 9.84 Å². The minimum Gasteiger partial charge on any atom is -0.492 e. The van der Waals surface area contributed by atoms with E-state index < -0.39 is 16.6 Å². The zero-order chi connectivity index (χ0) is 15.3. The Bertz CT molecular complexity index is 683. The molecule has 0 spiro atoms. The first-order valence-corrected chi connectivity index (χ1v) is 7.85. The minimum atomic E-state index is -3.73. The lowest BCUT2D eigenvalue weighted by molar-refractivity contribution is 0.273. The largest absolute Gasteiger partial charge is 0.492 e. The van der Waals surface area contributed by atoms with Gasteiger partial charge in [-0.2, -0.15) is 5.10 Å². The topological polar surface area (TPSA) is 104 Å². The summed E-state index contributed by atoms with van der Waals surface area (Å²) in [5.41, 5.74) is 0.486. The molecule has 1 aromatic heterocycles. The quantitative estimate of drug-likeness (QED) is 0.648. The number of hydrogen-bond acceptors (Lipinski definition) is 5. The normalized spacial score (nSPS) is 11.5. The Kier molecular flexibility index (Phi) is 4.94. The molecule has 21 heavy (non-hydrogen) atoms. The maximum Gasteiger partial charge on any atom is 0.244 e. The highest BCUT2D eigenvalue weighted by Gasteiger charge is 2.23. The van der Waals surface area contributed by atoms with Gasteiger partial charge in [-0.15, -0.1) is 0 Å². The van der Waals surface area contributed by atoms with Gasteiger partial charge in [0, 0.05) is 6.54 Å². The third kappa shape index (κ3) is 3.81. The van der Waals surface area contributed by atoms with Gasteiger partial charge in [0.05, 0.1) is 12.3 Å². The molecule has 0 aliphatic rings. The summed E-state index contributed by atoms with van der Waals surface area (Å²) in [6, 6.07) is 9.12. The van der Waals surface area contributed by atoms with Crippen LogP contribution in [-0.4, -0.2) is 36.9 Å². The predicted molar refractivity (Wildman–Crippen MR) is 76.4 cm³/mol. The second-order valence-electron chi connectivity index (χ2n) is 4.34. The molecule has 2 aromatic rings. The van der Waals surface area contributed by atoms with Crippen LogP contribution >= 0.6 is 0 Å². The number of aromatic amines is 1. The average Bonchev–Trinajstić information content (AvgIpc) is 2.86. The summed E-state index contributed by atoms with van der Waals surface area (Å²) in [5.74, 6) is 0.673. The molecule has 2 rings (SSSR count). The molecule has 0 unspecified atom stereocenters. The summed E-state index contributed by atoms with van der Waals surface area (Å²) in [5, 5.41) is 15.4. The van der Waals surface area contributed by atoms with Crippen LogP contribution in [0.4, 0.5) is 0 Å². The van der Waals surface area contributed by atoms with Crippen LogP contribution < -0.4 is 9.46 Å². The van der Waals surface area contributed by atoms with Gasteiger partial charge in [-0.05, 0) is 19.1 Å². The fourth-order valence-electron chi connectivity index (χ4n) is 1.87. The number of ether oxygens (including phenoxy) is 1. The first-order chi connectivity index (χ1) is 10.0. The number of aliphatic hydroxyl groups excluding tert-OH is 1. The lowest BCUT2D eigenvalue weighted by Crippen LogP contribution is -2.29. The number of aliphatic hydroxyl groups is 1. The molecule has 0 amide bonds. The molecule has 0 aliphatic heterocycles. The van der Waals surface area contributed by atoms with Crippen molar-refractivity contribution >= 4 is 10.0 Å². The van der Waals surface area contributed by atoms with Gasteiger partial charge >= 0.3 is 0 Å². The van der Waals surface area contributed by atoms with Crippen LogP contribution in [0.2, 0.25) is 0 Å². The lowest BCUT2D eigenvalue weighted by Gasteiger charge is -2.09. The molecule has 1 aromatic carbocycles. The number of aryl methyl sites for hydroxylation is 1. The zero-order valence-electron chi connectivity index (χ0n) is 11.5. The van der Waals surface area contributed by atoms with E-state index >= 15 is 0 Å². The number of aromatic nitrogens is 2. The molecule has 1 heterocycles. The number of nitrogens with zero attached hydrogens (tertiary/aromatic N) is 1. The van der Waals surface area contributed by atoms with Crippen LogP contribution in [-0.2, 0) is 16.6 Å². The Labute approximate surface area is 123 Å². The number of para-hydroxylation sites is 1. The molecule has 0 fully saturated rings. The molecule has 8 heteroatoms. The molecule has 0 atom stereocenters. The van der Waals surface area contributed by atoms with Crippen molar-refractivity contribution in [3.63, 3.8) is 0 Å². The number of benzene rings is 1. The van der Waals surface area contributed by atoms with Gasteiger partial charge in [0.15, 0.2) is 0 Å². The standard InChI is InChI=1S/C13H17N3O4S/c1-10-13(12(9-17)16-15-10)21(18,19)14-7-8-20-11-5-3-2-4-6-11/h2-6,14,17H,7-9H2,1H3,(H,15,16). The van der Waals surface area contributed by atoms with Crippen molar-refractivity contribution < 1.29 is 18.3 Å². The van der Waals surface area contributed by atoms with Crippen molar-refractivity contribution in [2.45, 2.75) is 18.4 Å². The second kappa shape index (κ2) is 6.70. The third-order valence-electron chi connectivity index (χ3n) is 2.79. The van der Waals surface area contributed by atoms with Gasteiger partial charge in [0.2, 0.25) is 10.0 Å². The van der Waals surface area contributed by atoms with Crippen molar-refractivity contribution in [1.29, 1.82) is 0 Å². The number of nitrogens with one attached hydrogen (secondary N) is 2. The number of rotatable bonds is 7. The molecule has 0 radical (unpaired) electrons. The van der Waals surface area contributed by atoms with Gasteiger partial charge in [-0.25, -0.2) is 13.1 Å². The van der Waals surface area contributed by atoms with E-state index in [1.807, 2.05) is 18.2 Å². The maximum atomic E-state index is 12.2. The van der Waals surface area contributed by atoms with Gasteiger partial charge in [0.25, 0.3) is 0 Å². The molecule has 3 N–H and O–H groups in total. The van der Waals surface area contributed by atoms with E-state index in [1.165, 1.54) is 0 Å². The first kappa shape index (κ1) is 15.5. The smallest absolute Gasteiger partial charge is 0.244 e. The van der Waals surface area contributed by atoms with E-state index in [0.29, 0.717) is 11.4 Å². The molecule has 114 valence electrons. The molecule has 0 saturated heterocycles. The van der Waals surface area contributed by atoms with Gasteiger partial charge in [-0.3, -0.25) is 5.10 Å². The predicted octanol–water partition coefficient (Wildman–Crippen LogP) is 0.568. The number of sulfonamides is 1. The van der Waals surface area contributed by atoms with E-state index in [0.717, 1.165) is 0 Å². The summed E-state index contributed by atoms with van der Waals surface area (Å²) >= 11 is 0. The highest BCUT2D eigenvalue weighted by molar-refractivity contribution is 7.89. The number of hydrogen-bond donors (Lipinski definition) is 3. The Morgan fingerprint density at radius 2 is 2.05 bits per heavy atom. The summed E-state index contributed by atoms with van der Waals surface area (Å²) in [6.45, 7) is 1.46. The first-order valence-electron chi connectivity index (χ1n) is 6.37. The third-order valence-corrected chi connectivity index (χ3v) is 4.45. The van der Waals surface area contributed by atoms with E-state index in [1.54, 1.807) is 19.1 Å². The molecular weight excluding hydrogens is 294 g/mol. The van der Waals surface area contributed by atoms with Crippen LogP contribution in [0.5, 0.6) is 5.75 Å². The molecule has 7 nitrogen and oxygen atoms in total. The second-order valence-corrected chi connectivity index (χ2v) is 6.05. The van der Waals surface area contributed by atoms with E-state index in [2.05, 4.69) is 14.9 Å². The molecule has 0 aliphatic carbocycles. The zero-order valence-corrected chi connectivity index (χ0v) is 12.4. The molecule has 0 saturated carbocycles. The Morgan fingerprint density at radius 3 is 2.71 bits per heavy atom. The van der Waals surface area contributed by atoms with Crippen LogP contribution in [0.15, 0.2) is 35.2 Å².